The molecule has 1 N–H and O–H groups in total. The van der Waals surface area contributed by atoms with Crippen molar-refractivity contribution in [3.8, 4) is 0 Å². The summed E-state index contributed by atoms with van der Waals surface area (Å²) in [5.74, 6) is -2.77. The predicted octanol–water partition coefficient (Wildman–Crippen LogP) is 2.79. The Bertz CT molecular complexity index is 373. The highest BCUT2D eigenvalue weighted by Crippen LogP contribution is 2.18. The van der Waals surface area contributed by atoms with Gasteiger partial charge >= 0.3 is 0 Å². The second-order valence-corrected chi connectivity index (χ2v) is 4.21. The molecule has 0 aliphatic carbocycles. The fourth-order valence-corrected chi connectivity index (χ4v) is 2.08. The molecule has 1 aliphatic heterocycles. The molecule has 0 aromatic heterocycles. The van der Waals surface area contributed by atoms with Crippen molar-refractivity contribution < 1.29 is 13.2 Å². The molecule has 1 aliphatic rings. The molecule has 0 spiro atoms. The second kappa shape index (κ2) is 4.87. The summed E-state index contributed by atoms with van der Waals surface area (Å²) >= 11 is 0. The highest BCUT2D eigenvalue weighted by atomic mass is 19.2. The van der Waals surface area contributed by atoms with Crippen LogP contribution in [0.5, 0.6) is 0 Å². The summed E-state index contributed by atoms with van der Waals surface area (Å²) in [5.41, 5.74) is 0.248. The van der Waals surface area contributed by atoms with Crippen LogP contribution < -0.4 is 5.32 Å². The van der Waals surface area contributed by atoms with E-state index in [1.165, 1.54) is 0 Å². The molecule has 1 fully saturated rings. The standard InChI is InChI=1S/C12H14F3N/c13-10-7-12(15)11(14)6-8(10)5-9-3-1-2-4-16-9/h6-7,9,16H,1-5H2. The molecule has 1 nitrogen and oxygen atoms in total. The van der Waals surface area contributed by atoms with Crippen molar-refractivity contribution in [2.75, 3.05) is 6.54 Å². The van der Waals surface area contributed by atoms with Crippen LogP contribution in [0.3, 0.4) is 0 Å². The van der Waals surface area contributed by atoms with Gasteiger partial charge in [0.1, 0.15) is 5.82 Å². The molecular formula is C12H14F3N. The first-order valence-corrected chi connectivity index (χ1v) is 5.53. The van der Waals surface area contributed by atoms with Crippen LogP contribution >= 0.6 is 0 Å². The molecule has 4 heteroatoms. The lowest BCUT2D eigenvalue weighted by Gasteiger charge is -2.23. The maximum absolute atomic E-state index is 13.4. The van der Waals surface area contributed by atoms with Crippen molar-refractivity contribution in [2.24, 2.45) is 0 Å². The Kier molecular flexibility index (Phi) is 3.49. The summed E-state index contributed by atoms with van der Waals surface area (Å²) in [5, 5.41) is 3.25. The summed E-state index contributed by atoms with van der Waals surface area (Å²) in [7, 11) is 0. The summed E-state index contributed by atoms with van der Waals surface area (Å²) in [6.07, 6.45) is 3.60. The zero-order valence-corrected chi connectivity index (χ0v) is 8.90. The summed E-state index contributed by atoms with van der Waals surface area (Å²) in [6, 6.07) is 1.75. The minimum atomic E-state index is -1.13. The molecule has 1 atom stereocenters. The third-order valence-corrected chi connectivity index (χ3v) is 2.97. The molecule has 0 amide bonds. The molecule has 16 heavy (non-hydrogen) atoms. The fourth-order valence-electron chi connectivity index (χ4n) is 2.08. The highest BCUT2D eigenvalue weighted by Gasteiger charge is 2.17. The van der Waals surface area contributed by atoms with Crippen molar-refractivity contribution in [2.45, 2.75) is 31.7 Å². The molecule has 1 heterocycles. The number of piperidine rings is 1. The van der Waals surface area contributed by atoms with E-state index < -0.39 is 17.5 Å². The van der Waals surface area contributed by atoms with E-state index in [2.05, 4.69) is 5.32 Å². The molecule has 88 valence electrons. The van der Waals surface area contributed by atoms with E-state index in [0.29, 0.717) is 12.5 Å². The molecule has 0 bridgehead atoms. The average molecular weight is 229 g/mol. The van der Waals surface area contributed by atoms with Gasteiger partial charge in [0.25, 0.3) is 0 Å². The van der Waals surface area contributed by atoms with Gasteiger partial charge < -0.3 is 5.32 Å². The zero-order valence-electron chi connectivity index (χ0n) is 8.90. The van der Waals surface area contributed by atoms with Crippen LogP contribution in [-0.4, -0.2) is 12.6 Å². The number of rotatable bonds is 2. The number of hydrogen-bond acceptors (Lipinski definition) is 1. The first-order valence-electron chi connectivity index (χ1n) is 5.53. The van der Waals surface area contributed by atoms with E-state index in [1.807, 2.05) is 0 Å². The van der Waals surface area contributed by atoms with Crippen LogP contribution in [-0.2, 0) is 6.42 Å². The van der Waals surface area contributed by atoms with Gasteiger partial charge in [-0.2, -0.15) is 0 Å². The van der Waals surface area contributed by atoms with Gasteiger partial charge in [0, 0.05) is 12.1 Å². The molecule has 0 radical (unpaired) electrons. The molecule has 1 aromatic carbocycles. The Labute approximate surface area is 92.7 Å². The Hall–Kier alpha value is -1.03. The maximum Gasteiger partial charge on any atom is 0.161 e. The van der Waals surface area contributed by atoms with Gasteiger partial charge in [-0.1, -0.05) is 6.42 Å². The summed E-state index contributed by atoms with van der Waals surface area (Å²) in [4.78, 5) is 0. The van der Waals surface area contributed by atoms with Gasteiger partial charge in [0.05, 0.1) is 0 Å². The lowest BCUT2D eigenvalue weighted by Crippen LogP contribution is -2.35. The van der Waals surface area contributed by atoms with Gasteiger partial charge in [-0.3, -0.25) is 0 Å². The largest absolute Gasteiger partial charge is 0.314 e. The molecule has 1 saturated heterocycles. The quantitative estimate of drug-likeness (QED) is 0.769. The summed E-state index contributed by atoms with van der Waals surface area (Å²) in [6.45, 7) is 0.913. The molecule has 2 rings (SSSR count). The van der Waals surface area contributed by atoms with Crippen LogP contribution in [0.1, 0.15) is 24.8 Å². The van der Waals surface area contributed by atoms with Gasteiger partial charge in [0.2, 0.25) is 0 Å². The van der Waals surface area contributed by atoms with E-state index in [4.69, 9.17) is 0 Å². The van der Waals surface area contributed by atoms with Gasteiger partial charge in [-0.05, 0) is 37.4 Å². The van der Waals surface area contributed by atoms with E-state index in [9.17, 15) is 13.2 Å². The van der Waals surface area contributed by atoms with E-state index >= 15 is 0 Å². The van der Waals surface area contributed by atoms with Crippen LogP contribution in [0, 0.1) is 17.5 Å². The first kappa shape index (κ1) is 11.5. The van der Waals surface area contributed by atoms with Gasteiger partial charge in [-0.25, -0.2) is 13.2 Å². The minimum absolute atomic E-state index is 0.174. The third kappa shape index (κ3) is 2.55. The number of benzene rings is 1. The molecule has 0 saturated carbocycles. The van der Waals surface area contributed by atoms with E-state index in [1.54, 1.807) is 0 Å². The SMILES string of the molecule is Fc1cc(F)c(CC2CCCCN2)cc1F. The molecular weight excluding hydrogens is 215 g/mol. The Morgan fingerprint density at radius 3 is 2.50 bits per heavy atom. The Morgan fingerprint density at radius 1 is 1.06 bits per heavy atom. The maximum atomic E-state index is 13.4. The topological polar surface area (TPSA) is 12.0 Å². The fraction of sp³-hybridized carbons (Fsp3) is 0.500. The summed E-state index contributed by atoms with van der Waals surface area (Å²) < 4.78 is 39.0. The lowest BCUT2D eigenvalue weighted by molar-refractivity contribution is 0.393. The third-order valence-electron chi connectivity index (χ3n) is 2.97. The molecule has 1 aromatic rings. The molecule has 1 unspecified atom stereocenters. The number of hydrogen-bond donors (Lipinski definition) is 1. The number of halogens is 3. The average Bonchev–Trinajstić information content (AvgIpc) is 2.27. The minimum Gasteiger partial charge on any atom is -0.314 e. The second-order valence-electron chi connectivity index (χ2n) is 4.21. The van der Waals surface area contributed by atoms with Crippen LogP contribution in [0.15, 0.2) is 12.1 Å². The lowest BCUT2D eigenvalue weighted by atomic mass is 9.97. The van der Waals surface area contributed by atoms with Crippen LogP contribution in [0.2, 0.25) is 0 Å². The van der Waals surface area contributed by atoms with E-state index in [-0.39, 0.29) is 11.6 Å². The van der Waals surface area contributed by atoms with Crippen molar-refractivity contribution in [3.05, 3.63) is 35.1 Å². The van der Waals surface area contributed by atoms with Crippen molar-refractivity contribution in [3.63, 3.8) is 0 Å². The van der Waals surface area contributed by atoms with E-state index in [0.717, 1.165) is 31.9 Å². The van der Waals surface area contributed by atoms with Crippen LogP contribution in [0.4, 0.5) is 13.2 Å². The normalized spacial score (nSPS) is 21.1. The Morgan fingerprint density at radius 2 is 1.81 bits per heavy atom. The Balaban J connectivity index is 2.11. The predicted molar refractivity (Wildman–Crippen MR) is 55.7 cm³/mol. The van der Waals surface area contributed by atoms with Crippen LogP contribution in [0.25, 0.3) is 0 Å². The smallest absolute Gasteiger partial charge is 0.161 e. The zero-order chi connectivity index (χ0) is 11.5. The van der Waals surface area contributed by atoms with Crippen molar-refractivity contribution in [1.82, 2.24) is 5.32 Å². The van der Waals surface area contributed by atoms with Gasteiger partial charge in [-0.15, -0.1) is 0 Å². The monoisotopic (exact) mass is 229 g/mol. The highest BCUT2D eigenvalue weighted by molar-refractivity contribution is 5.21. The van der Waals surface area contributed by atoms with Crippen molar-refractivity contribution >= 4 is 0 Å². The van der Waals surface area contributed by atoms with Gasteiger partial charge in [0.15, 0.2) is 11.6 Å². The number of nitrogens with one attached hydrogen (secondary N) is 1. The van der Waals surface area contributed by atoms with Crippen molar-refractivity contribution in [1.29, 1.82) is 0 Å². The first-order chi connectivity index (χ1) is 7.66.